The van der Waals surface area contributed by atoms with Gasteiger partial charge in [0, 0.05) is 28.7 Å². The molecule has 0 spiro atoms. The summed E-state index contributed by atoms with van der Waals surface area (Å²) in [6.45, 7) is 8.60. The van der Waals surface area contributed by atoms with Gasteiger partial charge in [0.2, 0.25) is 5.91 Å². The van der Waals surface area contributed by atoms with Gasteiger partial charge >= 0.3 is 0 Å². The van der Waals surface area contributed by atoms with E-state index in [0.29, 0.717) is 11.6 Å². The number of carbonyl (C=O) groups is 1. The third-order valence-corrected chi connectivity index (χ3v) is 5.15. The number of carbonyl (C=O) groups excluding carboxylic acids is 1. The summed E-state index contributed by atoms with van der Waals surface area (Å²) in [4.78, 5) is 12.2. The van der Waals surface area contributed by atoms with Crippen LogP contribution in [0.5, 0.6) is 0 Å². The molecule has 0 radical (unpaired) electrons. The molecule has 3 aromatic rings. The molecule has 0 aliphatic carbocycles. The first-order valence-corrected chi connectivity index (χ1v) is 11.4. The highest BCUT2D eigenvalue weighted by atomic mass is 35.5. The van der Waals surface area contributed by atoms with E-state index in [1.54, 1.807) is 18.5 Å². The average molecular weight is 473 g/mol. The highest BCUT2D eigenvalue weighted by molar-refractivity contribution is 6.31. The second kappa shape index (κ2) is 13.7. The van der Waals surface area contributed by atoms with E-state index in [2.05, 4.69) is 35.9 Å². The number of aryl methyl sites for hydroxylation is 1. The van der Waals surface area contributed by atoms with Crippen LogP contribution in [0.25, 0.3) is 0 Å². The van der Waals surface area contributed by atoms with Gasteiger partial charge in [-0.2, -0.15) is 0 Å². The second-order valence-corrected chi connectivity index (χ2v) is 8.72. The Hall–Kier alpha value is -2.63. The molecule has 1 atom stereocenters. The van der Waals surface area contributed by atoms with Crippen molar-refractivity contribution < 1.29 is 4.79 Å². The quantitative estimate of drug-likeness (QED) is 0.430. The van der Waals surface area contributed by atoms with E-state index in [0.717, 1.165) is 41.7 Å². The van der Waals surface area contributed by atoms with Crippen molar-refractivity contribution in [3.05, 3.63) is 89.4 Å². The van der Waals surface area contributed by atoms with Gasteiger partial charge in [0.25, 0.3) is 0 Å². The number of aromatic nitrogens is 3. The van der Waals surface area contributed by atoms with Gasteiger partial charge in [-0.05, 0) is 49.1 Å². The summed E-state index contributed by atoms with van der Waals surface area (Å²) in [6.07, 6.45) is 6.34. The summed E-state index contributed by atoms with van der Waals surface area (Å²) in [5.41, 5.74) is 0.729. The third-order valence-electron chi connectivity index (χ3n) is 4.66. The zero-order valence-corrected chi connectivity index (χ0v) is 20.1. The number of fused-ring (bicyclic) bond motifs is 1. The smallest absolute Gasteiger partial charge is 0.229 e. The topological polar surface area (TPSA) is 59.8 Å². The molecule has 2 heterocycles. The molecule has 7 heteroatoms. The number of halogens is 2. The first-order valence-electron chi connectivity index (χ1n) is 10.6. The van der Waals surface area contributed by atoms with Crippen LogP contribution in [-0.4, -0.2) is 20.7 Å². The van der Waals surface area contributed by atoms with Gasteiger partial charge in [0.05, 0.1) is 5.92 Å². The zero-order chi connectivity index (χ0) is 23.3. The highest BCUT2D eigenvalue weighted by Crippen LogP contribution is 2.21. The van der Waals surface area contributed by atoms with Gasteiger partial charge in [-0.15, -0.1) is 16.8 Å². The number of benzene rings is 2. The van der Waals surface area contributed by atoms with Crippen LogP contribution in [-0.2, 0) is 17.8 Å². The van der Waals surface area contributed by atoms with Crippen LogP contribution in [0.1, 0.15) is 32.5 Å². The van der Waals surface area contributed by atoms with Gasteiger partial charge in [0.1, 0.15) is 12.2 Å². The number of hydrogen-bond acceptors (Lipinski definition) is 3. The standard InChI is InChI=1S/C13H13ClN4O.C6H5Cl.C6H12/c14-10-2-1-3-11(6-10)16-13(19)9-4-5-12-17-15-8-18(12)7-9;7-6-4-2-1-3-5-6;1-4-5-6(2)3/h1-3,6,8-9H,4-5,7H2,(H,16,19);1-5H;4,6H,1,5H2,2-3H3. The first kappa shape index (κ1) is 25.6. The maximum atomic E-state index is 12.2. The molecule has 0 bridgehead atoms. The van der Waals surface area contributed by atoms with Crippen molar-refractivity contribution in [2.24, 2.45) is 11.8 Å². The summed E-state index contributed by atoms with van der Waals surface area (Å²) >= 11 is 11.4. The van der Waals surface area contributed by atoms with Crippen molar-refractivity contribution in [2.45, 2.75) is 39.7 Å². The summed E-state index contributed by atoms with van der Waals surface area (Å²) in [6, 6.07) is 16.6. The molecule has 0 saturated carbocycles. The van der Waals surface area contributed by atoms with Crippen molar-refractivity contribution >= 4 is 34.8 Å². The zero-order valence-electron chi connectivity index (χ0n) is 18.5. The fourth-order valence-electron chi connectivity index (χ4n) is 3.03. The van der Waals surface area contributed by atoms with Crippen molar-refractivity contribution in [2.75, 3.05) is 5.32 Å². The van der Waals surface area contributed by atoms with Gasteiger partial charge < -0.3 is 9.88 Å². The molecule has 1 amide bonds. The minimum Gasteiger partial charge on any atom is -0.326 e. The number of nitrogens with one attached hydrogen (secondary N) is 1. The molecule has 1 aliphatic rings. The third kappa shape index (κ3) is 9.25. The molecular formula is C25H30Cl2N4O. The summed E-state index contributed by atoms with van der Waals surface area (Å²) in [7, 11) is 0. The van der Waals surface area contributed by atoms with Crippen molar-refractivity contribution in [3.63, 3.8) is 0 Å². The van der Waals surface area contributed by atoms with E-state index in [1.807, 2.05) is 53.1 Å². The van der Waals surface area contributed by atoms with Crippen LogP contribution in [0.2, 0.25) is 10.0 Å². The molecule has 2 aromatic carbocycles. The number of nitrogens with zero attached hydrogens (tertiary/aromatic N) is 3. The SMILES string of the molecule is C=CCC(C)C.Clc1ccccc1.O=C(Nc1cccc(Cl)c1)C1CCc2nncn2C1. The van der Waals surface area contributed by atoms with Crippen LogP contribution < -0.4 is 5.32 Å². The lowest BCUT2D eigenvalue weighted by Gasteiger charge is -2.22. The average Bonchev–Trinajstić information content (AvgIpc) is 3.23. The Bertz CT molecular complexity index is 973. The first-order chi connectivity index (χ1) is 15.4. The van der Waals surface area contributed by atoms with E-state index in [-0.39, 0.29) is 11.8 Å². The molecule has 1 N–H and O–H groups in total. The fraction of sp³-hybridized carbons (Fsp3) is 0.320. The molecular weight excluding hydrogens is 443 g/mol. The van der Waals surface area contributed by atoms with Crippen LogP contribution in [0.3, 0.4) is 0 Å². The monoisotopic (exact) mass is 472 g/mol. The molecule has 0 fully saturated rings. The van der Waals surface area contributed by atoms with Crippen LogP contribution in [0, 0.1) is 11.8 Å². The molecule has 1 unspecified atom stereocenters. The minimum absolute atomic E-state index is 0.0154. The fourth-order valence-corrected chi connectivity index (χ4v) is 3.37. The normalized spacial score (nSPS) is 14.2. The lowest BCUT2D eigenvalue weighted by Crippen LogP contribution is -2.31. The molecule has 5 nitrogen and oxygen atoms in total. The number of anilines is 1. The van der Waals surface area contributed by atoms with Crippen LogP contribution in [0.15, 0.2) is 73.6 Å². The van der Waals surface area contributed by atoms with Gasteiger partial charge in [-0.1, -0.05) is 67.4 Å². The van der Waals surface area contributed by atoms with Crippen molar-refractivity contribution in [3.8, 4) is 0 Å². The Kier molecular flexibility index (Phi) is 11.0. The number of hydrogen-bond donors (Lipinski definition) is 1. The summed E-state index contributed by atoms with van der Waals surface area (Å²) < 4.78 is 1.94. The predicted molar refractivity (Wildman–Crippen MR) is 133 cm³/mol. The minimum atomic E-state index is -0.0533. The number of amides is 1. The van der Waals surface area contributed by atoms with E-state index < -0.39 is 0 Å². The van der Waals surface area contributed by atoms with E-state index in [1.165, 1.54) is 0 Å². The summed E-state index contributed by atoms with van der Waals surface area (Å²) in [5.74, 6) is 1.69. The Balaban J connectivity index is 0.000000230. The second-order valence-electron chi connectivity index (χ2n) is 7.85. The molecule has 4 rings (SSSR count). The lowest BCUT2D eigenvalue weighted by molar-refractivity contribution is -0.120. The molecule has 1 aromatic heterocycles. The highest BCUT2D eigenvalue weighted by Gasteiger charge is 2.25. The Labute approximate surface area is 200 Å². The largest absolute Gasteiger partial charge is 0.326 e. The maximum absolute atomic E-state index is 12.2. The molecule has 1 aliphatic heterocycles. The predicted octanol–water partition coefficient (Wildman–Crippen LogP) is 6.69. The van der Waals surface area contributed by atoms with Crippen LogP contribution >= 0.6 is 23.2 Å². The lowest BCUT2D eigenvalue weighted by atomic mass is 9.98. The van der Waals surface area contributed by atoms with Gasteiger partial charge in [-0.25, -0.2) is 0 Å². The van der Waals surface area contributed by atoms with Gasteiger partial charge in [0.15, 0.2) is 0 Å². The number of rotatable bonds is 4. The Morgan fingerprint density at radius 2 is 1.91 bits per heavy atom. The van der Waals surface area contributed by atoms with Crippen molar-refractivity contribution in [1.82, 2.24) is 14.8 Å². The van der Waals surface area contributed by atoms with Crippen LogP contribution in [0.4, 0.5) is 5.69 Å². The Morgan fingerprint density at radius 3 is 2.47 bits per heavy atom. The molecule has 170 valence electrons. The van der Waals surface area contributed by atoms with E-state index in [9.17, 15) is 4.79 Å². The number of allylic oxidation sites excluding steroid dienone is 1. The van der Waals surface area contributed by atoms with Crippen molar-refractivity contribution in [1.29, 1.82) is 0 Å². The van der Waals surface area contributed by atoms with E-state index >= 15 is 0 Å². The Morgan fingerprint density at radius 1 is 1.19 bits per heavy atom. The summed E-state index contributed by atoms with van der Waals surface area (Å²) in [5, 5.41) is 12.2. The van der Waals surface area contributed by atoms with Gasteiger partial charge in [-0.3, -0.25) is 4.79 Å². The molecule has 0 saturated heterocycles. The maximum Gasteiger partial charge on any atom is 0.229 e. The molecule has 32 heavy (non-hydrogen) atoms. The van der Waals surface area contributed by atoms with E-state index in [4.69, 9.17) is 23.2 Å².